The van der Waals surface area contributed by atoms with Crippen LogP contribution in [-0.2, 0) is 9.59 Å². The summed E-state index contributed by atoms with van der Waals surface area (Å²) in [6.45, 7) is 1.78. The number of nitrogens with two attached hydrogens (primary N) is 1. The van der Waals surface area contributed by atoms with E-state index in [1.807, 2.05) is 0 Å². The molecule has 0 heterocycles. The van der Waals surface area contributed by atoms with E-state index in [2.05, 4.69) is 0 Å². The first-order chi connectivity index (χ1) is 6.54. The molecule has 0 aliphatic heterocycles. The van der Waals surface area contributed by atoms with Gasteiger partial charge in [0.05, 0.1) is 5.25 Å². The second kappa shape index (κ2) is 7.67. The Morgan fingerprint density at radius 3 is 2.50 bits per heavy atom. The standard InChI is InChI=1S/C9H17NO3S/c1-7(9(10)13)14-6-4-2-3-5-8(11)12/h7H,2-6H2,1H3,(H2,10,13)(H,11,12). The van der Waals surface area contributed by atoms with Crippen molar-refractivity contribution in [1.82, 2.24) is 0 Å². The fraction of sp³-hybridized carbons (Fsp3) is 0.778. The molecule has 3 N–H and O–H groups in total. The topological polar surface area (TPSA) is 80.4 Å². The Bertz CT molecular complexity index is 196. The zero-order valence-electron chi connectivity index (χ0n) is 8.36. The fourth-order valence-corrected chi connectivity index (χ4v) is 1.79. The summed E-state index contributed by atoms with van der Waals surface area (Å²) >= 11 is 1.52. The number of hydrogen-bond acceptors (Lipinski definition) is 3. The van der Waals surface area contributed by atoms with Crippen LogP contribution in [0.3, 0.4) is 0 Å². The molecule has 0 aromatic rings. The number of aliphatic carboxylic acids is 1. The maximum atomic E-state index is 10.6. The van der Waals surface area contributed by atoms with Crippen molar-refractivity contribution in [2.45, 2.75) is 37.9 Å². The maximum absolute atomic E-state index is 10.6. The summed E-state index contributed by atoms with van der Waals surface area (Å²) in [5.74, 6) is -0.173. The highest BCUT2D eigenvalue weighted by Gasteiger charge is 2.07. The van der Waals surface area contributed by atoms with Crippen molar-refractivity contribution in [2.75, 3.05) is 5.75 Å². The van der Waals surface area contributed by atoms with Crippen molar-refractivity contribution in [3.05, 3.63) is 0 Å². The minimum absolute atomic E-state index is 0.144. The second-order valence-electron chi connectivity index (χ2n) is 3.12. The molecule has 1 amide bonds. The first-order valence-electron chi connectivity index (χ1n) is 4.66. The molecule has 0 aromatic carbocycles. The van der Waals surface area contributed by atoms with Crippen LogP contribution in [0.1, 0.15) is 32.6 Å². The largest absolute Gasteiger partial charge is 0.481 e. The van der Waals surface area contributed by atoms with Crippen molar-refractivity contribution in [1.29, 1.82) is 0 Å². The summed E-state index contributed by atoms with van der Waals surface area (Å²) in [5.41, 5.74) is 5.08. The lowest BCUT2D eigenvalue weighted by Gasteiger charge is -2.05. The SMILES string of the molecule is CC(SCCCCCC(=O)O)C(N)=O. The van der Waals surface area contributed by atoms with Gasteiger partial charge < -0.3 is 10.8 Å². The van der Waals surface area contributed by atoms with Crippen molar-refractivity contribution < 1.29 is 14.7 Å². The van der Waals surface area contributed by atoms with Crippen LogP contribution >= 0.6 is 11.8 Å². The Morgan fingerprint density at radius 2 is 2.00 bits per heavy atom. The van der Waals surface area contributed by atoms with Crippen molar-refractivity contribution in [3.8, 4) is 0 Å². The number of amides is 1. The molecule has 0 aliphatic carbocycles. The monoisotopic (exact) mass is 219 g/mol. The van der Waals surface area contributed by atoms with E-state index in [1.165, 1.54) is 11.8 Å². The molecule has 14 heavy (non-hydrogen) atoms. The molecule has 0 bridgehead atoms. The first kappa shape index (κ1) is 13.3. The number of carboxylic acids is 1. The molecular formula is C9H17NO3S. The third kappa shape index (κ3) is 7.91. The molecule has 0 aliphatic rings. The van der Waals surface area contributed by atoms with E-state index >= 15 is 0 Å². The smallest absolute Gasteiger partial charge is 0.303 e. The van der Waals surface area contributed by atoms with Gasteiger partial charge in [0.1, 0.15) is 0 Å². The van der Waals surface area contributed by atoms with Crippen LogP contribution in [-0.4, -0.2) is 28.0 Å². The predicted molar refractivity (Wildman–Crippen MR) is 57.2 cm³/mol. The molecule has 0 saturated carbocycles. The number of rotatable bonds is 8. The Balaban J connectivity index is 3.21. The Morgan fingerprint density at radius 1 is 1.36 bits per heavy atom. The van der Waals surface area contributed by atoms with Crippen LogP contribution in [0.15, 0.2) is 0 Å². The zero-order chi connectivity index (χ0) is 11.0. The quantitative estimate of drug-likeness (QED) is 0.602. The van der Waals surface area contributed by atoms with Gasteiger partial charge in [-0.15, -0.1) is 11.8 Å². The Labute approximate surface area is 88.2 Å². The fourth-order valence-electron chi connectivity index (χ4n) is 0.897. The lowest BCUT2D eigenvalue weighted by Crippen LogP contribution is -2.22. The van der Waals surface area contributed by atoms with E-state index < -0.39 is 5.97 Å². The predicted octanol–water partition coefficient (Wildman–Crippen LogP) is 1.24. The minimum atomic E-state index is -0.747. The van der Waals surface area contributed by atoms with Gasteiger partial charge in [0.2, 0.25) is 5.91 Å². The van der Waals surface area contributed by atoms with Gasteiger partial charge >= 0.3 is 5.97 Å². The van der Waals surface area contributed by atoms with Crippen LogP contribution < -0.4 is 5.73 Å². The minimum Gasteiger partial charge on any atom is -0.481 e. The third-order valence-electron chi connectivity index (χ3n) is 1.80. The van der Waals surface area contributed by atoms with Crippen molar-refractivity contribution in [3.63, 3.8) is 0 Å². The average molecular weight is 219 g/mol. The van der Waals surface area contributed by atoms with E-state index in [-0.39, 0.29) is 17.6 Å². The van der Waals surface area contributed by atoms with Crippen LogP contribution in [0.5, 0.6) is 0 Å². The molecule has 0 saturated heterocycles. The number of hydrogen-bond donors (Lipinski definition) is 2. The van der Waals surface area contributed by atoms with E-state index in [0.29, 0.717) is 6.42 Å². The highest BCUT2D eigenvalue weighted by atomic mass is 32.2. The van der Waals surface area contributed by atoms with Gasteiger partial charge in [0.25, 0.3) is 0 Å². The summed E-state index contributed by atoms with van der Waals surface area (Å²) in [6, 6.07) is 0. The van der Waals surface area contributed by atoms with Gasteiger partial charge in [-0.25, -0.2) is 0 Å². The summed E-state index contributed by atoms with van der Waals surface area (Å²) in [6.07, 6.45) is 2.78. The molecular weight excluding hydrogens is 202 g/mol. The van der Waals surface area contributed by atoms with E-state index in [1.54, 1.807) is 6.92 Å². The molecule has 0 spiro atoms. The third-order valence-corrected chi connectivity index (χ3v) is 3.06. The van der Waals surface area contributed by atoms with Crippen LogP contribution in [0.25, 0.3) is 0 Å². The lowest BCUT2D eigenvalue weighted by atomic mass is 10.2. The summed E-state index contributed by atoms with van der Waals surface area (Å²) in [5, 5.41) is 8.22. The van der Waals surface area contributed by atoms with Crippen LogP contribution in [0.2, 0.25) is 0 Å². The number of primary amides is 1. The average Bonchev–Trinajstić information content (AvgIpc) is 2.09. The second-order valence-corrected chi connectivity index (χ2v) is 4.57. The number of thioether (sulfide) groups is 1. The Hall–Kier alpha value is -0.710. The number of carbonyl (C=O) groups is 2. The van der Waals surface area contributed by atoms with Gasteiger partial charge in [-0.1, -0.05) is 6.42 Å². The molecule has 0 aromatic heterocycles. The summed E-state index contributed by atoms with van der Waals surface area (Å²) < 4.78 is 0. The maximum Gasteiger partial charge on any atom is 0.303 e. The summed E-state index contributed by atoms with van der Waals surface area (Å²) in [4.78, 5) is 20.8. The highest BCUT2D eigenvalue weighted by Crippen LogP contribution is 2.13. The molecule has 5 heteroatoms. The van der Waals surface area contributed by atoms with Crippen molar-refractivity contribution >= 4 is 23.6 Å². The van der Waals surface area contributed by atoms with Crippen LogP contribution in [0, 0.1) is 0 Å². The summed E-state index contributed by atoms with van der Waals surface area (Å²) in [7, 11) is 0. The normalized spacial score (nSPS) is 12.4. The van der Waals surface area contributed by atoms with E-state index in [4.69, 9.17) is 10.8 Å². The number of carboxylic acid groups (broad SMARTS) is 1. The molecule has 0 radical (unpaired) electrons. The molecule has 1 unspecified atom stereocenters. The molecule has 0 rings (SSSR count). The zero-order valence-corrected chi connectivity index (χ0v) is 9.18. The Kier molecular flexibility index (Phi) is 7.28. The number of carbonyl (C=O) groups excluding carboxylic acids is 1. The molecule has 0 fully saturated rings. The molecule has 1 atom stereocenters. The lowest BCUT2D eigenvalue weighted by molar-refractivity contribution is -0.137. The van der Waals surface area contributed by atoms with Gasteiger partial charge in [-0.05, 0) is 25.5 Å². The molecule has 82 valence electrons. The van der Waals surface area contributed by atoms with Crippen molar-refractivity contribution in [2.24, 2.45) is 5.73 Å². The molecule has 4 nitrogen and oxygen atoms in total. The van der Waals surface area contributed by atoms with Gasteiger partial charge in [0.15, 0.2) is 0 Å². The van der Waals surface area contributed by atoms with Crippen LogP contribution in [0.4, 0.5) is 0 Å². The van der Waals surface area contributed by atoms with E-state index in [0.717, 1.165) is 18.6 Å². The van der Waals surface area contributed by atoms with E-state index in [9.17, 15) is 9.59 Å². The number of unbranched alkanes of at least 4 members (excludes halogenated alkanes) is 2. The first-order valence-corrected chi connectivity index (χ1v) is 5.71. The van der Waals surface area contributed by atoms with Gasteiger partial charge in [-0.2, -0.15) is 0 Å². The van der Waals surface area contributed by atoms with Gasteiger partial charge in [-0.3, -0.25) is 9.59 Å². The highest BCUT2D eigenvalue weighted by molar-refractivity contribution is 8.00. The van der Waals surface area contributed by atoms with Gasteiger partial charge in [0, 0.05) is 6.42 Å².